The molecule has 0 unspecified atom stereocenters. The zero-order chi connectivity index (χ0) is 17.3. The van der Waals surface area contributed by atoms with Crippen LogP contribution in [0.3, 0.4) is 0 Å². The fourth-order valence-corrected chi connectivity index (χ4v) is 4.30. The number of rotatable bonds is 4. The Morgan fingerprint density at radius 1 is 1.04 bits per heavy atom. The van der Waals surface area contributed by atoms with Crippen LogP contribution in [0.15, 0.2) is 30.3 Å². The van der Waals surface area contributed by atoms with E-state index in [1.54, 1.807) is 6.07 Å². The molecule has 2 saturated heterocycles. The Balaban J connectivity index is 1.45. The number of pyridine rings is 1. The minimum atomic E-state index is -0.634. The third kappa shape index (κ3) is 3.84. The molecule has 25 heavy (non-hydrogen) atoms. The maximum absolute atomic E-state index is 14.0. The molecule has 1 aromatic heterocycles. The molecule has 4 rings (SSSR count). The van der Waals surface area contributed by atoms with E-state index >= 15 is 0 Å². The minimum Gasteiger partial charge on any atom is -0.387 e. The minimum absolute atomic E-state index is 0.275. The van der Waals surface area contributed by atoms with Gasteiger partial charge in [0.15, 0.2) is 0 Å². The van der Waals surface area contributed by atoms with Crippen molar-refractivity contribution in [1.82, 2.24) is 14.8 Å². The molecule has 1 aromatic carbocycles. The van der Waals surface area contributed by atoms with Crippen molar-refractivity contribution in [3.63, 3.8) is 0 Å². The zero-order valence-electron chi connectivity index (χ0n) is 14.6. The molecule has 0 bridgehead atoms. The highest BCUT2D eigenvalue weighted by Crippen LogP contribution is 2.25. The lowest BCUT2D eigenvalue weighted by Gasteiger charge is -2.41. The van der Waals surface area contributed by atoms with Crippen molar-refractivity contribution in [3.8, 4) is 0 Å². The highest BCUT2D eigenvalue weighted by molar-refractivity contribution is 5.79. The summed E-state index contributed by atoms with van der Waals surface area (Å²) in [5, 5.41) is 11.9. The van der Waals surface area contributed by atoms with E-state index in [0.29, 0.717) is 18.6 Å². The fourth-order valence-electron chi connectivity index (χ4n) is 4.30. The number of para-hydroxylation sites is 1. The largest absolute Gasteiger partial charge is 0.387 e. The van der Waals surface area contributed by atoms with E-state index in [1.807, 2.05) is 18.2 Å². The van der Waals surface area contributed by atoms with Gasteiger partial charge < -0.3 is 10.0 Å². The number of likely N-dealkylation sites (tertiary alicyclic amines) is 2. The van der Waals surface area contributed by atoms with Crippen LogP contribution in [-0.4, -0.2) is 58.2 Å². The lowest BCUT2D eigenvalue weighted by molar-refractivity contribution is -0.0521. The third-order valence-electron chi connectivity index (χ3n) is 5.47. The van der Waals surface area contributed by atoms with Gasteiger partial charge in [0.25, 0.3) is 0 Å². The van der Waals surface area contributed by atoms with Crippen molar-refractivity contribution in [2.45, 2.75) is 37.8 Å². The molecule has 2 aliphatic heterocycles. The number of benzene rings is 1. The molecular formula is C20H26FN3O. The van der Waals surface area contributed by atoms with Crippen LogP contribution in [0.25, 0.3) is 10.9 Å². The van der Waals surface area contributed by atoms with E-state index in [-0.39, 0.29) is 5.82 Å². The molecule has 0 saturated carbocycles. The van der Waals surface area contributed by atoms with Gasteiger partial charge in [-0.3, -0.25) is 4.90 Å². The summed E-state index contributed by atoms with van der Waals surface area (Å²) >= 11 is 0. The second-order valence-electron chi connectivity index (χ2n) is 7.64. The first-order chi connectivity index (χ1) is 12.1. The molecule has 2 aliphatic rings. The number of aliphatic hydroxyl groups is 1. The quantitative estimate of drug-likeness (QED) is 0.927. The standard InChI is InChI=1S/C20H26FN3O/c21-18-6-3-5-16-7-8-17(22-19(16)18)13-24-12-4-9-20(25,15-24)14-23-10-1-2-11-23/h3,5-8,25H,1-2,4,9-15H2/t20-/m1/s1. The summed E-state index contributed by atoms with van der Waals surface area (Å²) in [6.07, 6.45) is 4.34. The van der Waals surface area contributed by atoms with Crippen molar-refractivity contribution in [2.24, 2.45) is 0 Å². The first-order valence-electron chi connectivity index (χ1n) is 9.33. The Kier molecular flexibility index (Phi) is 4.71. The molecule has 0 aliphatic carbocycles. The van der Waals surface area contributed by atoms with Gasteiger partial charge in [0.2, 0.25) is 0 Å². The predicted octanol–water partition coefficient (Wildman–Crippen LogP) is 2.80. The Morgan fingerprint density at radius 3 is 2.68 bits per heavy atom. The first kappa shape index (κ1) is 16.9. The van der Waals surface area contributed by atoms with Crippen molar-refractivity contribution in [3.05, 3.63) is 41.8 Å². The van der Waals surface area contributed by atoms with Gasteiger partial charge in [-0.25, -0.2) is 9.37 Å². The number of hydrogen-bond acceptors (Lipinski definition) is 4. The van der Waals surface area contributed by atoms with Gasteiger partial charge in [-0.2, -0.15) is 0 Å². The number of piperidine rings is 1. The van der Waals surface area contributed by atoms with Crippen LogP contribution < -0.4 is 0 Å². The van der Waals surface area contributed by atoms with Crippen LogP contribution >= 0.6 is 0 Å². The maximum atomic E-state index is 14.0. The number of nitrogens with zero attached hydrogens (tertiary/aromatic N) is 3. The van der Waals surface area contributed by atoms with E-state index in [1.165, 1.54) is 18.9 Å². The topological polar surface area (TPSA) is 39.6 Å². The molecule has 0 amide bonds. The number of fused-ring (bicyclic) bond motifs is 1. The van der Waals surface area contributed by atoms with Crippen LogP contribution in [0.1, 0.15) is 31.4 Å². The normalized spacial score (nSPS) is 25.7. The van der Waals surface area contributed by atoms with Crippen molar-refractivity contribution < 1.29 is 9.50 Å². The molecule has 3 heterocycles. The number of aromatic nitrogens is 1. The first-order valence-corrected chi connectivity index (χ1v) is 9.33. The molecule has 0 spiro atoms. The molecule has 1 atom stereocenters. The number of halogens is 1. The maximum Gasteiger partial charge on any atom is 0.149 e. The van der Waals surface area contributed by atoms with E-state index < -0.39 is 5.60 Å². The van der Waals surface area contributed by atoms with Crippen molar-refractivity contribution >= 4 is 10.9 Å². The van der Waals surface area contributed by atoms with Gasteiger partial charge in [-0.05, 0) is 57.5 Å². The van der Waals surface area contributed by atoms with Crippen LogP contribution in [0.5, 0.6) is 0 Å². The lowest BCUT2D eigenvalue weighted by Crippen LogP contribution is -2.53. The van der Waals surface area contributed by atoms with E-state index in [0.717, 1.165) is 50.1 Å². The highest BCUT2D eigenvalue weighted by Gasteiger charge is 2.35. The summed E-state index contributed by atoms with van der Waals surface area (Å²) in [6, 6.07) is 8.94. The summed E-state index contributed by atoms with van der Waals surface area (Å²) in [5.74, 6) is -0.275. The molecule has 5 heteroatoms. The van der Waals surface area contributed by atoms with Crippen molar-refractivity contribution in [1.29, 1.82) is 0 Å². The van der Waals surface area contributed by atoms with Gasteiger partial charge in [0, 0.05) is 25.0 Å². The summed E-state index contributed by atoms with van der Waals surface area (Å²) in [7, 11) is 0. The lowest BCUT2D eigenvalue weighted by atomic mass is 9.92. The molecule has 0 radical (unpaired) electrons. The van der Waals surface area contributed by atoms with Gasteiger partial charge >= 0.3 is 0 Å². The van der Waals surface area contributed by atoms with E-state index in [9.17, 15) is 9.50 Å². The molecular weight excluding hydrogens is 317 g/mol. The third-order valence-corrected chi connectivity index (χ3v) is 5.47. The molecule has 2 aromatic rings. The SMILES string of the molecule is O[C@@]1(CN2CCCC2)CCCN(Cc2ccc3cccc(F)c3n2)C1. The Hall–Kier alpha value is -1.56. The summed E-state index contributed by atoms with van der Waals surface area (Å²) in [4.78, 5) is 9.15. The fraction of sp³-hybridized carbons (Fsp3) is 0.550. The predicted molar refractivity (Wildman–Crippen MR) is 96.8 cm³/mol. The molecule has 4 nitrogen and oxygen atoms in total. The second-order valence-corrected chi connectivity index (χ2v) is 7.64. The summed E-state index contributed by atoms with van der Waals surface area (Å²) in [5.41, 5.74) is 0.664. The van der Waals surface area contributed by atoms with Crippen LogP contribution in [0, 0.1) is 5.82 Å². The Bertz CT molecular complexity index is 747. The Morgan fingerprint density at radius 2 is 1.84 bits per heavy atom. The average Bonchev–Trinajstić information content (AvgIpc) is 3.08. The van der Waals surface area contributed by atoms with Crippen LogP contribution in [0.4, 0.5) is 4.39 Å². The number of β-amino-alcohol motifs (C(OH)–C–C–N with tert-alkyl or cyclic N) is 1. The molecule has 1 N–H and O–H groups in total. The average molecular weight is 343 g/mol. The zero-order valence-corrected chi connectivity index (χ0v) is 14.6. The molecule has 2 fully saturated rings. The van der Waals surface area contributed by atoms with Crippen molar-refractivity contribution in [2.75, 3.05) is 32.7 Å². The van der Waals surface area contributed by atoms with Gasteiger partial charge in [0.05, 0.1) is 11.3 Å². The van der Waals surface area contributed by atoms with Crippen LogP contribution in [0.2, 0.25) is 0 Å². The second kappa shape index (κ2) is 6.98. The van der Waals surface area contributed by atoms with Crippen LogP contribution in [-0.2, 0) is 6.54 Å². The smallest absolute Gasteiger partial charge is 0.149 e. The summed E-state index contributed by atoms with van der Waals surface area (Å²) < 4.78 is 14.0. The van der Waals surface area contributed by atoms with E-state index in [4.69, 9.17) is 0 Å². The van der Waals surface area contributed by atoms with Gasteiger partial charge in [0.1, 0.15) is 11.3 Å². The highest BCUT2D eigenvalue weighted by atomic mass is 19.1. The van der Waals surface area contributed by atoms with Gasteiger partial charge in [-0.1, -0.05) is 18.2 Å². The Labute approximate surface area is 148 Å². The van der Waals surface area contributed by atoms with E-state index in [2.05, 4.69) is 14.8 Å². The molecule has 134 valence electrons. The monoisotopic (exact) mass is 343 g/mol. The summed E-state index contributed by atoms with van der Waals surface area (Å²) in [6.45, 7) is 5.26. The number of hydrogen-bond donors (Lipinski definition) is 1. The van der Waals surface area contributed by atoms with Gasteiger partial charge in [-0.15, -0.1) is 0 Å².